The van der Waals surface area contributed by atoms with E-state index >= 15 is 0 Å². The van der Waals surface area contributed by atoms with Gasteiger partial charge in [-0.2, -0.15) is 4.98 Å². The van der Waals surface area contributed by atoms with Crippen LogP contribution in [0.1, 0.15) is 0 Å². The fraction of sp³-hybridized carbons (Fsp3) is 0.0870. The summed E-state index contributed by atoms with van der Waals surface area (Å²) < 4.78 is 16.3. The van der Waals surface area contributed by atoms with Crippen LogP contribution < -0.4 is 14.8 Å². The zero-order chi connectivity index (χ0) is 21.6. The van der Waals surface area contributed by atoms with E-state index in [1.807, 2.05) is 30.3 Å². The first-order chi connectivity index (χ1) is 15.1. The number of para-hydroxylation sites is 1. The summed E-state index contributed by atoms with van der Waals surface area (Å²) in [5, 5.41) is 7.33. The molecular weight excluding hydrogens is 418 g/mol. The minimum Gasteiger partial charge on any atom is -0.497 e. The number of rotatable bonds is 7. The fourth-order valence-corrected chi connectivity index (χ4v) is 3.06. The minimum absolute atomic E-state index is 0.188. The fourth-order valence-electron chi connectivity index (χ4n) is 2.87. The van der Waals surface area contributed by atoms with E-state index in [2.05, 4.69) is 15.5 Å². The van der Waals surface area contributed by atoms with Crippen molar-refractivity contribution in [3.05, 3.63) is 77.8 Å². The Morgan fingerprint density at radius 2 is 1.87 bits per heavy atom. The predicted octanol–water partition coefficient (Wildman–Crippen LogP) is 5.08. The van der Waals surface area contributed by atoms with Crippen molar-refractivity contribution in [3.63, 3.8) is 0 Å². The summed E-state index contributed by atoms with van der Waals surface area (Å²) >= 11 is 5.94. The van der Waals surface area contributed by atoms with Crippen LogP contribution in [-0.4, -0.2) is 29.8 Å². The third-order valence-electron chi connectivity index (χ3n) is 4.36. The van der Waals surface area contributed by atoms with Gasteiger partial charge in [0.2, 0.25) is 5.82 Å². The standard InChI is InChI=1S/C23H18ClN3O4/c1-29-18-11-9-15(10-12-18)23-26-22(27-31-23)19-7-2-3-8-20(19)30-14-21(28)25-17-6-4-5-16(24)13-17/h2-13H,14H2,1H3,(H,25,28). The molecule has 0 bridgehead atoms. The van der Waals surface area contributed by atoms with Crippen LogP contribution >= 0.6 is 11.6 Å². The van der Waals surface area contributed by atoms with Crippen molar-refractivity contribution in [3.8, 4) is 34.3 Å². The number of benzene rings is 3. The highest BCUT2D eigenvalue weighted by Gasteiger charge is 2.15. The van der Waals surface area contributed by atoms with Gasteiger partial charge in [0.05, 0.1) is 12.7 Å². The van der Waals surface area contributed by atoms with Crippen molar-refractivity contribution < 1.29 is 18.8 Å². The van der Waals surface area contributed by atoms with E-state index in [-0.39, 0.29) is 12.5 Å². The van der Waals surface area contributed by atoms with Gasteiger partial charge in [0.15, 0.2) is 6.61 Å². The van der Waals surface area contributed by atoms with Crippen LogP contribution in [0, 0.1) is 0 Å². The molecule has 0 radical (unpaired) electrons. The quantitative estimate of drug-likeness (QED) is 0.435. The maximum atomic E-state index is 12.2. The summed E-state index contributed by atoms with van der Waals surface area (Å²) in [5.74, 6) is 1.61. The van der Waals surface area contributed by atoms with E-state index in [4.69, 9.17) is 25.6 Å². The Balaban J connectivity index is 1.47. The molecule has 1 amide bonds. The monoisotopic (exact) mass is 435 g/mol. The van der Waals surface area contributed by atoms with Gasteiger partial charge in [-0.15, -0.1) is 0 Å². The van der Waals surface area contributed by atoms with Gasteiger partial charge in [-0.25, -0.2) is 0 Å². The Kier molecular flexibility index (Phi) is 6.14. The molecule has 1 heterocycles. The molecule has 3 aromatic carbocycles. The molecule has 31 heavy (non-hydrogen) atoms. The minimum atomic E-state index is -0.316. The van der Waals surface area contributed by atoms with E-state index in [0.29, 0.717) is 33.7 Å². The van der Waals surface area contributed by atoms with Crippen LogP contribution in [0.4, 0.5) is 5.69 Å². The molecule has 156 valence electrons. The van der Waals surface area contributed by atoms with Gasteiger partial charge in [-0.05, 0) is 54.6 Å². The molecule has 0 unspecified atom stereocenters. The molecular formula is C23H18ClN3O4. The lowest BCUT2D eigenvalue weighted by Gasteiger charge is -2.10. The molecule has 0 spiro atoms. The normalized spacial score (nSPS) is 10.5. The predicted molar refractivity (Wildman–Crippen MR) is 117 cm³/mol. The molecule has 1 N–H and O–H groups in total. The SMILES string of the molecule is COc1ccc(-c2nc(-c3ccccc3OCC(=O)Nc3cccc(Cl)c3)no2)cc1. The summed E-state index contributed by atoms with van der Waals surface area (Å²) in [5.41, 5.74) is 1.97. The van der Waals surface area contributed by atoms with Crippen LogP contribution in [-0.2, 0) is 4.79 Å². The van der Waals surface area contributed by atoms with E-state index in [1.54, 1.807) is 49.6 Å². The topological polar surface area (TPSA) is 86.5 Å². The Hall–Kier alpha value is -3.84. The number of amides is 1. The summed E-state index contributed by atoms with van der Waals surface area (Å²) in [4.78, 5) is 16.7. The van der Waals surface area contributed by atoms with Gasteiger partial charge in [0.1, 0.15) is 11.5 Å². The highest BCUT2D eigenvalue weighted by molar-refractivity contribution is 6.30. The van der Waals surface area contributed by atoms with E-state index in [1.165, 1.54) is 0 Å². The molecule has 0 saturated heterocycles. The van der Waals surface area contributed by atoms with E-state index in [9.17, 15) is 4.79 Å². The van der Waals surface area contributed by atoms with Gasteiger partial charge in [-0.3, -0.25) is 4.79 Å². The number of nitrogens with zero attached hydrogens (tertiary/aromatic N) is 2. The second-order valence-corrected chi connectivity index (χ2v) is 6.93. The van der Waals surface area contributed by atoms with Crippen molar-refractivity contribution in [2.75, 3.05) is 19.0 Å². The lowest BCUT2D eigenvalue weighted by atomic mass is 10.2. The number of hydrogen-bond donors (Lipinski definition) is 1. The number of methoxy groups -OCH3 is 1. The molecule has 1 aromatic heterocycles. The summed E-state index contributed by atoms with van der Waals surface area (Å²) in [6.45, 7) is -0.188. The van der Waals surface area contributed by atoms with Crippen molar-refractivity contribution in [2.45, 2.75) is 0 Å². The summed E-state index contributed by atoms with van der Waals surface area (Å²) in [6.07, 6.45) is 0. The number of nitrogens with one attached hydrogen (secondary N) is 1. The molecule has 7 nitrogen and oxygen atoms in total. The number of hydrogen-bond acceptors (Lipinski definition) is 6. The third-order valence-corrected chi connectivity index (χ3v) is 4.59. The number of anilines is 1. The van der Waals surface area contributed by atoms with Gasteiger partial charge >= 0.3 is 0 Å². The highest BCUT2D eigenvalue weighted by Crippen LogP contribution is 2.30. The van der Waals surface area contributed by atoms with Crippen LogP contribution in [0.2, 0.25) is 5.02 Å². The molecule has 0 aliphatic rings. The molecule has 0 aliphatic heterocycles. The molecule has 4 rings (SSSR count). The second kappa shape index (κ2) is 9.32. The smallest absolute Gasteiger partial charge is 0.262 e. The Bertz CT molecular complexity index is 1190. The summed E-state index contributed by atoms with van der Waals surface area (Å²) in [6, 6.07) is 21.4. The van der Waals surface area contributed by atoms with Crippen LogP contribution in [0.5, 0.6) is 11.5 Å². The first kappa shape index (κ1) is 20.4. The van der Waals surface area contributed by atoms with Gasteiger partial charge in [-0.1, -0.05) is 35.0 Å². The third kappa shape index (κ3) is 5.02. The average molecular weight is 436 g/mol. The lowest BCUT2D eigenvalue weighted by molar-refractivity contribution is -0.118. The number of ether oxygens (including phenoxy) is 2. The molecule has 0 saturated carbocycles. The molecule has 0 fully saturated rings. The number of aromatic nitrogens is 2. The van der Waals surface area contributed by atoms with Crippen molar-refractivity contribution in [1.82, 2.24) is 10.1 Å². The Morgan fingerprint density at radius 3 is 2.65 bits per heavy atom. The maximum Gasteiger partial charge on any atom is 0.262 e. The molecule has 8 heteroatoms. The zero-order valence-corrected chi connectivity index (χ0v) is 17.3. The van der Waals surface area contributed by atoms with Crippen molar-refractivity contribution in [1.29, 1.82) is 0 Å². The molecule has 4 aromatic rings. The Morgan fingerprint density at radius 1 is 1.06 bits per heavy atom. The highest BCUT2D eigenvalue weighted by atomic mass is 35.5. The molecule has 0 aliphatic carbocycles. The van der Waals surface area contributed by atoms with E-state index < -0.39 is 0 Å². The average Bonchev–Trinajstić information content (AvgIpc) is 3.28. The summed E-state index contributed by atoms with van der Waals surface area (Å²) in [7, 11) is 1.60. The first-order valence-electron chi connectivity index (χ1n) is 9.38. The van der Waals surface area contributed by atoms with Crippen LogP contribution in [0.3, 0.4) is 0 Å². The molecule has 0 atom stereocenters. The number of halogens is 1. The Labute approximate surface area is 183 Å². The van der Waals surface area contributed by atoms with Crippen LogP contribution in [0.15, 0.2) is 77.3 Å². The largest absolute Gasteiger partial charge is 0.497 e. The number of carbonyl (C=O) groups is 1. The van der Waals surface area contributed by atoms with Crippen LogP contribution in [0.25, 0.3) is 22.8 Å². The lowest BCUT2D eigenvalue weighted by Crippen LogP contribution is -2.20. The van der Waals surface area contributed by atoms with Crippen molar-refractivity contribution >= 4 is 23.2 Å². The number of carbonyl (C=O) groups excluding carboxylic acids is 1. The van der Waals surface area contributed by atoms with Gasteiger partial charge in [0.25, 0.3) is 11.8 Å². The van der Waals surface area contributed by atoms with Crippen molar-refractivity contribution in [2.24, 2.45) is 0 Å². The maximum absolute atomic E-state index is 12.2. The van der Waals surface area contributed by atoms with E-state index in [0.717, 1.165) is 11.3 Å². The van der Waals surface area contributed by atoms with Gasteiger partial charge < -0.3 is 19.3 Å². The zero-order valence-electron chi connectivity index (χ0n) is 16.5. The second-order valence-electron chi connectivity index (χ2n) is 6.49. The van der Waals surface area contributed by atoms with Gasteiger partial charge in [0, 0.05) is 16.3 Å². The first-order valence-corrected chi connectivity index (χ1v) is 9.76.